The number of nitrogens with one attached hydrogen (secondary N) is 1. The van der Waals surface area contributed by atoms with Gasteiger partial charge in [-0.2, -0.15) is 0 Å². The third kappa shape index (κ3) is 3.62. The average molecular weight is 360 g/mol. The van der Waals surface area contributed by atoms with E-state index in [9.17, 15) is 0 Å². The first-order chi connectivity index (χ1) is 8.97. The van der Waals surface area contributed by atoms with E-state index in [1.165, 1.54) is 0 Å². The summed E-state index contributed by atoms with van der Waals surface area (Å²) in [6, 6.07) is 7.55. The van der Waals surface area contributed by atoms with E-state index >= 15 is 0 Å². The molecule has 100 valence electrons. The lowest BCUT2D eigenvalue weighted by atomic mass is 10.1. The van der Waals surface area contributed by atoms with Crippen molar-refractivity contribution in [1.82, 2.24) is 4.98 Å². The van der Waals surface area contributed by atoms with Gasteiger partial charge in [0.15, 0.2) is 0 Å². The molecule has 0 aliphatic rings. The third-order valence-electron chi connectivity index (χ3n) is 2.82. The molecule has 1 N–H and O–H groups in total. The molecule has 5 heteroatoms. The SMILES string of the molecule is Cc1cc(NC(C)c2cc(Cl)ccc2Cl)cnc1Br. The smallest absolute Gasteiger partial charge is 0.109 e. The largest absolute Gasteiger partial charge is 0.377 e. The van der Waals surface area contributed by atoms with Gasteiger partial charge in [0.1, 0.15) is 4.60 Å². The standard InChI is InChI=1S/C14H13BrCl2N2/c1-8-5-11(7-18-14(8)15)19-9(2)12-6-10(16)3-4-13(12)17/h3-7,9,19H,1-2H3. The number of aromatic nitrogens is 1. The lowest BCUT2D eigenvalue weighted by molar-refractivity contribution is 0.882. The minimum absolute atomic E-state index is 0.0496. The van der Waals surface area contributed by atoms with Gasteiger partial charge in [-0.15, -0.1) is 0 Å². The van der Waals surface area contributed by atoms with Crippen LogP contribution in [-0.2, 0) is 0 Å². The fourth-order valence-corrected chi connectivity index (χ4v) is 2.49. The minimum Gasteiger partial charge on any atom is -0.377 e. The molecule has 2 rings (SSSR count). The Morgan fingerprint density at radius 3 is 2.68 bits per heavy atom. The predicted molar refractivity (Wildman–Crippen MR) is 85.2 cm³/mol. The van der Waals surface area contributed by atoms with Crippen LogP contribution in [0.4, 0.5) is 5.69 Å². The Kier molecular flexibility index (Phi) is 4.71. The van der Waals surface area contributed by atoms with Crippen LogP contribution in [0, 0.1) is 6.92 Å². The lowest BCUT2D eigenvalue weighted by Crippen LogP contribution is -2.07. The molecule has 0 bridgehead atoms. The molecule has 0 saturated carbocycles. The van der Waals surface area contributed by atoms with Crippen molar-refractivity contribution in [2.24, 2.45) is 0 Å². The van der Waals surface area contributed by atoms with E-state index in [0.29, 0.717) is 10.0 Å². The van der Waals surface area contributed by atoms with E-state index in [-0.39, 0.29) is 6.04 Å². The second kappa shape index (κ2) is 6.12. The van der Waals surface area contributed by atoms with Crippen LogP contribution >= 0.6 is 39.1 Å². The van der Waals surface area contributed by atoms with Crippen molar-refractivity contribution < 1.29 is 0 Å². The molecule has 2 aromatic rings. The number of hydrogen-bond acceptors (Lipinski definition) is 2. The Morgan fingerprint density at radius 1 is 1.26 bits per heavy atom. The van der Waals surface area contributed by atoms with Crippen LogP contribution in [0.2, 0.25) is 10.0 Å². The maximum Gasteiger partial charge on any atom is 0.109 e. The van der Waals surface area contributed by atoms with Crippen LogP contribution in [0.3, 0.4) is 0 Å². The summed E-state index contributed by atoms with van der Waals surface area (Å²) in [4.78, 5) is 4.26. The van der Waals surface area contributed by atoms with E-state index in [1.54, 1.807) is 12.3 Å². The normalized spacial score (nSPS) is 12.3. The molecule has 1 aromatic carbocycles. The number of anilines is 1. The van der Waals surface area contributed by atoms with E-state index in [0.717, 1.165) is 21.4 Å². The number of rotatable bonds is 3. The number of nitrogens with zero attached hydrogens (tertiary/aromatic N) is 1. The molecule has 1 aromatic heterocycles. The van der Waals surface area contributed by atoms with Crippen LogP contribution in [0.1, 0.15) is 24.1 Å². The van der Waals surface area contributed by atoms with Gasteiger partial charge in [-0.3, -0.25) is 0 Å². The highest BCUT2D eigenvalue weighted by Gasteiger charge is 2.11. The van der Waals surface area contributed by atoms with Gasteiger partial charge < -0.3 is 5.32 Å². The summed E-state index contributed by atoms with van der Waals surface area (Å²) in [5, 5.41) is 4.75. The molecule has 2 nitrogen and oxygen atoms in total. The molecule has 19 heavy (non-hydrogen) atoms. The van der Waals surface area contributed by atoms with Crippen LogP contribution < -0.4 is 5.32 Å². The second-order valence-electron chi connectivity index (χ2n) is 4.36. The summed E-state index contributed by atoms with van der Waals surface area (Å²) in [6.45, 7) is 4.04. The Hall–Kier alpha value is -0.770. The highest BCUT2D eigenvalue weighted by atomic mass is 79.9. The van der Waals surface area contributed by atoms with Gasteiger partial charge >= 0.3 is 0 Å². The minimum atomic E-state index is 0.0496. The zero-order valence-corrected chi connectivity index (χ0v) is 13.6. The van der Waals surface area contributed by atoms with Crippen molar-refractivity contribution in [3.63, 3.8) is 0 Å². The van der Waals surface area contributed by atoms with Gasteiger partial charge in [-0.05, 0) is 65.2 Å². The molecule has 0 aliphatic carbocycles. The first-order valence-electron chi connectivity index (χ1n) is 5.81. The number of halogens is 3. The molecule has 0 radical (unpaired) electrons. The summed E-state index contributed by atoms with van der Waals surface area (Å²) in [5.74, 6) is 0. The fourth-order valence-electron chi connectivity index (χ4n) is 1.81. The quantitative estimate of drug-likeness (QED) is 0.718. The van der Waals surface area contributed by atoms with Gasteiger partial charge in [0.05, 0.1) is 17.9 Å². The highest BCUT2D eigenvalue weighted by molar-refractivity contribution is 9.10. The van der Waals surface area contributed by atoms with E-state index in [4.69, 9.17) is 23.2 Å². The maximum atomic E-state index is 6.19. The Labute approximate surface area is 131 Å². The summed E-state index contributed by atoms with van der Waals surface area (Å²) >= 11 is 15.6. The first-order valence-corrected chi connectivity index (χ1v) is 7.36. The van der Waals surface area contributed by atoms with E-state index in [1.807, 2.05) is 32.0 Å². The highest BCUT2D eigenvalue weighted by Crippen LogP contribution is 2.29. The zero-order valence-electron chi connectivity index (χ0n) is 10.5. The molecular formula is C14H13BrCl2N2. The van der Waals surface area contributed by atoms with Gasteiger partial charge in [0.2, 0.25) is 0 Å². The second-order valence-corrected chi connectivity index (χ2v) is 5.96. The van der Waals surface area contributed by atoms with Crippen LogP contribution in [0.5, 0.6) is 0 Å². The predicted octanol–water partition coefficient (Wildman–Crippen LogP) is 5.63. The molecule has 1 atom stereocenters. The lowest BCUT2D eigenvalue weighted by Gasteiger charge is -2.17. The maximum absolute atomic E-state index is 6.19. The van der Waals surface area contributed by atoms with Crippen molar-refractivity contribution in [3.8, 4) is 0 Å². The zero-order chi connectivity index (χ0) is 14.0. The number of pyridine rings is 1. The van der Waals surface area contributed by atoms with Gasteiger partial charge in [0.25, 0.3) is 0 Å². The Morgan fingerprint density at radius 2 is 2.00 bits per heavy atom. The van der Waals surface area contributed by atoms with Crippen molar-refractivity contribution in [3.05, 3.63) is 56.2 Å². The topological polar surface area (TPSA) is 24.9 Å². The summed E-state index contributed by atoms with van der Waals surface area (Å²) in [7, 11) is 0. The summed E-state index contributed by atoms with van der Waals surface area (Å²) < 4.78 is 0.853. The molecular weight excluding hydrogens is 347 g/mol. The van der Waals surface area contributed by atoms with Crippen molar-refractivity contribution >= 4 is 44.8 Å². The molecule has 0 saturated heterocycles. The fraction of sp³-hybridized carbons (Fsp3) is 0.214. The van der Waals surface area contributed by atoms with Gasteiger partial charge in [-0.1, -0.05) is 23.2 Å². The number of hydrogen-bond donors (Lipinski definition) is 1. The molecule has 1 heterocycles. The Bertz CT molecular complexity index is 602. The average Bonchev–Trinajstić information content (AvgIpc) is 2.36. The molecule has 0 amide bonds. The van der Waals surface area contributed by atoms with Crippen LogP contribution in [0.25, 0.3) is 0 Å². The molecule has 0 aliphatic heterocycles. The van der Waals surface area contributed by atoms with Crippen LogP contribution in [-0.4, -0.2) is 4.98 Å². The van der Waals surface area contributed by atoms with Crippen LogP contribution in [0.15, 0.2) is 35.1 Å². The number of aryl methyl sites for hydroxylation is 1. The Balaban J connectivity index is 2.22. The van der Waals surface area contributed by atoms with Gasteiger partial charge in [0, 0.05) is 10.0 Å². The summed E-state index contributed by atoms with van der Waals surface area (Å²) in [6.07, 6.45) is 1.78. The van der Waals surface area contributed by atoms with E-state index in [2.05, 4.69) is 26.2 Å². The van der Waals surface area contributed by atoms with E-state index < -0.39 is 0 Å². The molecule has 0 spiro atoms. The molecule has 1 unspecified atom stereocenters. The first kappa shape index (κ1) is 14.6. The summed E-state index contributed by atoms with van der Waals surface area (Å²) in [5.41, 5.74) is 2.99. The third-order valence-corrected chi connectivity index (χ3v) is 4.23. The van der Waals surface area contributed by atoms with Crippen molar-refractivity contribution in [2.75, 3.05) is 5.32 Å². The van der Waals surface area contributed by atoms with Gasteiger partial charge in [-0.25, -0.2) is 4.98 Å². The van der Waals surface area contributed by atoms with Crippen molar-refractivity contribution in [1.29, 1.82) is 0 Å². The van der Waals surface area contributed by atoms with Crippen molar-refractivity contribution in [2.45, 2.75) is 19.9 Å². The number of benzene rings is 1. The molecule has 0 fully saturated rings. The monoisotopic (exact) mass is 358 g/mol.